The Balaban J connectivity index is 1.65. The number of rotatable bonds is 5. The van der Waals surface area contributed by atoms with Crippen LogP contribution < -0.4 is 5.56 Å². The maximum Gasteiger partial charge on any atom is 0.263 e. The molecule has 0 N–H and O–H groups in total. The van der Waals surface area contributed by atoms with Crippen LogP contribution in [0.25, 0.3) is 10.2 Å². The number of hydrogen-bond acceptors (Lipinski definition) is 4. The third-order valence-electron chi connectivity index (χ3n) is 4.82. The first-order valence-corrected chi connectivity index (χ1v) is 10.8. The van der Waals surface area contributed by atoms with Crippen molar-refractivity contribution in [3.63, 3.8) is 0 Å². The van der Waals surface area contributed by atoms with Crippen molar-refractivity contribution < 1.29 is 0 Å². The summed E-state index contributed by atoms with van der Waals surface area (Å²) in [5, 5.41) is 1.77. The van der Waals surface area contributed by atoms with Crippen LogP contribution in [0.3, 0.4) is 0 Å². The van der Waals surface area contributed by atoms with E-state index in [0.29, 0.717) is 6.54 Å². The first-order chi connectivity index (χ1) is 12.3. The number of aromatic nitrogens is 2. The van der Waals surface area contributed by atoms with Crippen molar-refractivity contribution >= 4 is 33.3 Å². The van der Waals surface area contributed by atoms with E-state index in [4.69, 9.17) is 4.98 Å². The number of hydrogen-bond donors (Lipinski definition) is 0. The van der Waals surface area contributed by atoms with Crippen molar-refractivity contribution in [2.75, 3.05) is 5.75 Å². The number of fused-ring (bicyclic) bond motifs is 3. The highest BCUT2D eigenvalue weighted by Gasteiger charge is 2.21. The van der Waals surface area contributed by atoms with Gasteiger partial charge in [-0.15, -0.1) is 11.3 Å². The molecular weight excluding hydrogens is 348 g/mol. The molecule has 3 aromatic rings. The Hall–Kier alpha value is -1.59. The molecule has 1 aromatic carbocycles. The lowest BCUT2D eigenvalue weighted by Gasteiger charge is -2.12. The van der Waals surface area contributed by atoms with Crippen molar-refractivity contribution in [2.24, 2.45) is 0 Å². The van der Waals surface area contributed by atoms with Gasteiger partial charge in [-0.2, -0.15) is 0 Å². The fourth-order valence-corrected chi connectivity index (χ4v) is 5.87. The first kappa shape index (κ1) is 16.9. The normalized spacial score (nSPS) is 14.0. The van der Waals surface area contributed by atoms with E-state index in [-0.39, 0.29) is 5.56 Å². The van der Waals surface area contributed by atoms with E-state index in [9.17, 15) is 4.79 Å². The zero-order chi connectivity index (χ0) is 17.2. The smallest absolute Gasteiger partial charge is 0.263 e. The Morgan fingerprint density at radius 2 is 2.00 bits per heavy atom. The molecule has 0 saturated heterocycles. The summed E-state index contributed by atoms with van der Waals surface area (Å²) in [7, 11) is 0. The number of benzene rings is 1. The molecule has 0 aliphatic heterocycles. The van der Waals surface area contributed by atoms with Gasteiger partial charge in [0.05, 0.1) is 5.39 Å². The molecule has 0 atom stereocenters. The maximum atomic E-state index is 13.1. The molecule has 2 heterocycles. The fourth-order valence-electron chi connectivity index (χ4n) is 3.51. The predicted octanol–water partition coefficient (Wildman–Crippen LogP) is 4.69. The average Bonchev–Trinajstić information content (AvgIpc) is 3.01. The number of thioether (sulfide) groups is 1. The van der Waals surface area contributed by atoms with Gasteiger partial charge in [-0.1, -0.05) is 42.1 Å². The van der Waals surface area contributed by atoms with Gasteiger partial charge in [0.15, 0.2) is 5.16 Å². The summed E-state index contributed by atoms with van der Waals surface area (Å²) in [4.78, 5) is 20.3. The van der Waals surface area contributed by atoms with Crippen LogP contribution in [0.2, 0.25) is 0 Å². The Bertz CT molecular complexity index is 944. The van der Waals surface area contributed by atoms with E-state index in [1.165, 1.54) is 28.8 Å². The van der Waals surface area contributed by atoms with Crippen molar-refractivity contribution in [3.8, 4) is 0 Å². The maximum absolute atomic E-state index is 13.1. The van der Waals surface area contributed by atoms with E-state index in [2.05, 4.69) is 24.3 Å². The van der Waals surface area contributed by atoms with Crippen molar-refractivity contribution in [1.29, 1.82) is 0 Å². The summed E-state index contributed by atoms with van der Waals surface area (Å²) in [5.41, 5.74) is 2.77. The van der Waals surface area contributed by atoms with Crippen LogP contribution in [0.1, 0.15) is 35.8 Å². The molecular formula is C20H22N2OS2. The zero-order valence-corrected chi connectivity index (χ0v) is 16.1. The molecule has 4 rings (SSSR count). The lowest BCUT2D eigenvalue weighted by molar-refractivity contribution is 0.633. The Labute approximate surface area is 156 Å². The molecule has 3 nitrogen and oxygen atoms in total. The fraction of sp³-hybridized carbons (Fsp3) is 0.400. The van der Waals surface area contributed by atoms with Gasteiger partial charge in [0.25, 0.3) is 5.56 Å². The lowest BCUT2D eigenvalue weighted by atomic mass is 9.97. The molecule has 0 bridgehead atoms. The van der Waals surface area contributed by atoms with Crippen LogP contribution in [0.15, 0.2) is 40.3 Å². The summed E-state index contributed by atoms with van der Waals surface area (Å²) >= 11 is 3.44. The van der Waals surface area contributed by atoms with Gasteiger partial charge in [-0.3, -0.25) is 9.36 Å². The molecule has 0 fully saturated rings. The highest BCUT2D eigenvalue weighted by molar-refractivity contribution is 7.99. The highest BCUT2D eigenvalue weighted by Crippen LogP contribution is 2.34. The van der Waals surface area contributed by atoms with E-state index in [0.717, 1.165) is 40.4 Å². The van der Waals surface area contributed by atoms with Gasteiger partial charge >= 0.3 is 0 Å². The van der Waals surface area contributed by atoms with E-state index in [1.54, 1.807) is 23.1 Å². The zero-order valence-electron chi connectivity index (χ0n) is 14.5. The van der Waals surface area contributed by atoms with Crippen LogP contribution in [-0.2, 0) is 25.8 Å². The van der Waals surface area contributed by atoms with Crippen molar-refractivity contribution in [2.45, 2.75) is 50.7 Å². The monoisotopic (exact) mass is 370 g/mol. The number of aryl methyl sites for hydroxylation is 3. The quantitative estimate of drug-likeness (QED) is 0.483. The SMILES string of the molecule is CCn1c(SCCc2ccccc2)nc2sc3c(c2c1=O)CCCC3. The standard InChI is InChI=1S/C20H22N2OS2/c1-2-22-19(23)17-15-10-6-7-11-16(15)25-18(17)21-20(22)24-13-12-14-8-4-3-5-9-14/h3-5,8-9H,2,6-7,10-13H2,1H3. The van der Waals surface area contributed by atoms with Crippen molar-refractivity contribution in [1.82, 2.24) is 9.55 Å². The van der Waals surface area contributed by atoms with Gasteiger partial charge in [-0.25, -0.2) is 4.98 Å². The van der Waals surface area contributed by atoms with Gasteiger partial charge in [0.2, 0.25) is 0 Å². The van der Waals surface area contributed by atoms with Gasteiger partial charge in [0, 0.05) is 17.2 Å². The predicted molar refractivity (Wildman–Crippen MR) is 107 cm³/mol. The summed E-state index contributed by atoms with van der Waals surface area (Å²) in [6, 6.07) is 10.5. The topological polar surface area (TPSA) is 34.9 Å². The molecule has 0 amide bonds. The van der Waals surface area contributed by atoms with Gasteiger partial charge in [0.1, 0.15) is 4.83 Å². The third kappa shape index (κ3) is 3.27. The highest BCUT2D eigenvalue weighted by atomic mass is 32.2. The average molecular weight is 371 g/mol. The molecule has 25 heavy (non-hydrogen) atoms. The van der Waals surface area contributed by atoms with Crippen LogP contribution in [0.4, 0.5) is 0 Å². The summed E-state index contributed by atoms with van der Waals surface area (Å²) in [6.45, 7) is 2.72. The molecule has 0 spiro atoms. The van der Waals surface area contributed by atoms with E-state index in [1.807, 2.05) is 17.6 Å². The molecule has 0 radical (unpaired) electrons. The second-order valence-corrected chi connectivity index (χ2v) is 8.56. The van der Waals surface area contributed by atoms with Crippen LogP contribution in [0.5, 0.6) is 0 Å². The molecule has 130 valence electrons. The molecule has 1 aliphatic rings. The van der Waals surface area contributed by atoms with E-state index >= 15 is 0 Å². The minimum Gasteiger partial charge on any atom is -0.287 e. The number of nitrogens with zero attached hydrogens (tertiary/aromatic N) is 2. The summed E-state index contributed by atoms with van der Waals surface area (Å²) in [6.07, 6.45) is 5.57. The lowest BCUT2D eigenvalue weighted by Crippen LogP contribution is -2.23. The van der Waals surface area contributed by atoms with E-state index < -0.39 is 0 Å². The first-order valence-electron chi connectivity index (χ1n) is 8.99. The molecule has 1 aliphatic carbocycles. The molecule has 0 saturated carbocycles. The van der Waals surface area contributed by atoms with Gasteiger partial charge < -0.3 is 0 Å². The van der Waals surface area contributed by atoms with Gasteiger partial charge in [-0.05, 0) is 50.2 Å². The third-order valence-corrected chi connectivity index (χ3v) is 6.98. The molecule has 0 unspecified atom stereocenters. The second kappa shape index (κ2) is 7.34. The minimum absolute atomic E-state index is 0.161. The van der Waals surface area contributed by atoms with Crippen LogP contribution in [-0.4, -0.2) is 15.3 Å². The van der Waals surface area contributed by atoms with Crippen LogP contribution in [0, 0.1) is 0 Å². The largest absolute Gasteiger partial charge is 0.287 e. The summed E-state index contributed by atoms with van der Waals surface area (Å²) < 4.78 is 1.86. The molecule has 5 heteroatoms. The Morgan fingerprint density at radius 3 is 2.80 bits per heavy atom. The Kier molecular flexibility index (Phi) is 4.95. The Morgan fingerprint density at radius 1 is 1.20 bits per heavy atom. The summed E-state index contributed by atoms with van der Waals surface area (Å²) in [5.74, 6) is 0.938. The molecule has 2 aromatic heterocycles. The minimum atomic E-state index is 0.161. The van der Waals surface area contributed by atoms with Crippen molar-refractivity contribution in [3.05, 3.63) is 56.7 Å². The second-order valence-electron chi connectivity index (χ2n) is 6.42. The van der Waals surface area contributed by atoms with Crippen LogP contribution >= 0.6 is 23.1 Å². The number of thiophene rings is 1.